The first-order chi connectivity index (χ1) is 11.2. The number of rotatable bonds is 5. The number of pyridine rings is 1. The van der Waals surface area contributed by atoms with Gasteiger partial charge in [-0.15, -0.1) is 11.3 Å². The van der Waals surface area contributed by atoms with Gasteiger partial charge in [0.1, 0.15) is 17.4 Å². The van der Waals surface area contributed by atoms with Crippen molar-refractivity contribution in [2.75, 3.05) is 0 Å². The van der Waals surface area contributed by atoms with E-state index in [4.69, 9.17) is 4.52 Å². The van der Waals surface area contributed by atoms with E-state index in [2.05, 4.69) is 15.5 Å². The number of hydrogen-bond acceptors (Lipinski definition) is 6. The quantitative estimate of drug-likeness (QED) is 0.751. The molecule has 0 saturated carbocycles. The molecule has 0 unspecified atom stereocenters. The molecule has 23 heavy (non-hydrogen) atoms. The van der Waals surface area contributed by atoms with Crippen molar-refractivity contribution in [2.45, 2.75) is 19.6 Å². The van der Waals surface area contributed by atoms with Crippen LogP contribution in [0, 0.1) is 0 Å². The Hall–Kier alpha value is -2.51. The van der Waals surface area contributed by atoms with Crippen molar-refractivity contribution in [3.05, 3.63) is 58.9 Å². The Labute approximate surface area is 136 Å². The van der Waals surface area contributed by atoms with Crippen molar-refractivity contribution in [2.24, 2.45) is 0 Å². The van der Waals surface area contributed by atoms with E-state index >= 15 is 0 Å². The van der Waals surface area contributed by atoms with Crippen LogP contribution in [0.1, 0.15) is 34.7 Å². The molecule has 3 heterocycles. The van der Waals surface area contributed by atoms with Crippen molar-refractivity contribution in [3.8, 4) is 10.6 Å². The lowest BCUT2D eigenvalue weighted by Gasteiger charge is -2.07. The molecule has 0 aliphatic rings. The molecule has 1 atom stereocenters. The molecule has 0 saturated heterocycles. The van der Waals surface area contributed by atoms with E-state index in [0.29, 0.717) is 12.2 Å². The van der Waals surface area contributed by atoms with Gasteiger partial charge >= 0.3 is 0 Å². The standard InChI is InChI=1S/C16H15N3O3S/c1-10(20)15-13(14(19-22-15)12-3-2-8-23-12)16(21)18-9-11-4-6-17-7-5-11/h2-8,10,20H,9H2,1H3,(H,18,21)/t10-/m0/s1. The van der Waals surface area contributed by atoms with Gasteiger partial charge in [0.25, 0.3) is 5.91 Å². The molecule has 118 valence electrons. The molecule has 0 spiro atoms. The zero-order chi connectivity index (χ0) is 16.2. The van der Waals surface area contributed by atoms with Gasteiger partial charge in [0.05, 0.1) is 4.88 Å². The first-order valence-electron chi connectivity index (χ1n) is 7.05. The van der Waals surface area contributed by atoms with Gasteiger partial charge in [-0.1, -0.05) is 11.2 Å². The molecule has 0 aliphatic carbocycles. The summed E-state index contributed by atoms with van der Waals surface area (Å²) in [6, 6.07) is 7.37. The molecule has 1 amide bonds. The number of nitrogens with one attached hydrogen (secondary N) is 1. The first-order valence-corrected chi connectivity index (χ1v) is 7.93. The number of aromatic nitrogens is 2. The van der Waals surface area contributed by atoms with E-state index in [9.17, 15) is 9.90 Å². The summed E-state index contributed by atoms with van der Waals surface area (Å²) in [6.45, 7) is 1.90. The third-order valence-corrected chi connectivity index (χ3v) is 4.16. The minimum absolute atomic E-state index is 0.167. The minimum Gasteiger partial charge on any atom is -0.385 e. The molecule has 0 aromatic carbocycles. The largest absolute Gasteiger partial charge is 0.385 e. The molecule has 0 fully saturated rings. The van der Waals surface area contributed by atoms with Crippen LogP contribution >= 0.6 is 11.3 Å². The molecular weight excluding hydrogens is 314 g/mol. The summed E-state index contributed by atoms with van der Waals surface area (Å²) in [4.78, 5) is 17.3. The summed E-state index contributed by atoms with van der Waals surface area (Å²) in [5.74, 6) is -0.164. The van der Waals surface area contributed by atoms with Crippen molar-refractivity contribution in [1.82, 2.24) is 15.5 Å². The Morgan fingerprint density at radius 1 is 1.39 bits per heavy atom. The van der Waals surface area contributed by atoms with Gasteiger partial charge < -0.3 is 14.9 Å². The van der Waals surface area contributed by atoms with Crippen LogP contribution in [-0.2, 0) is 6.54 Å². The predicted octanol–water partition coefficient (Wildman–Crippen LogP) is 2.78. The van der Waals surface area contributed by atoms with E-state index in [1.165, 1.54) is 11.3 Å². The van der Waals surface area contributed by atoms with Crippen molar-refractivity contribution < 1.29 is 14.4 Å². The molecular formula is C16H15N3O3S. The van der Waals surface area contributed by atoms with E-state index < -0.39 is 6.10 Å². The number of amides is 1. The topological polar surface area (TPSA) is 88.2 Å². The summed E-state index contributed by atoms with van der Waals surface area (Å²) in [6.07, 6.45) is 2.41. The number of aliphatic hydroxyl groups is 1. The summed E-state index contributed by atoms with van der Waals surface area (Å²) >= 11 is 1.45. The monoisotopic (exact) mass is 329 g/mol. The highest BCUT2D eigenvalue weighted by Crippen LogP contribution is 2.31. The van der Waals surface area contributed by atoms with Crippen LogP contribution in [0.5, 0.6) is 0 Å². The second kappa shape index (κ2) is 6.72. The van der Waals surface area contributed by atoms with Gasteiger partial charge in [-0.05, 0) is 36.1 Å². The van der Waals surface area contributed by atoms with Crippen LogP contribution in [-0.4, -0.2) is 21.2 Å². The number of hydrogen-bond donors (Lipinski definition) is 2. The maximum absolute atomic E-state index is 12.6. The van der Waals surface area contributed by atoms with Crippen LogP contribution in [0.2, 0.25) is 0 Å². The molecule has 6 nitrogen and oxygen atoms in total. The van der Waals surface area contributed by atoms with Crippen LogP contribution in [0.3, 0.4) is 0 Å². The maximum Gasteiger partial charge on any atom is 0.257 e. The number of aliphatic hydroxyl groups excluding tert-OH is 1. The fourth-order valence-corrected chi connectivity index (χ4v) is 2.87. The average molecular weight is 329 g/mol. The summed E-state index contributed by atoms with van der Waals surface area (Å²) in [7, 11) is 0. The number of carbonyl (C=O) groups excluding carboxylic acids is 1. The lowest BCUT2D eigenvalue weighted by molar-refractivity contribution is 0.0938. The third-order valence-electron chi connectivity index (χ3n) is 3.28. The fourth-order valence-electron chi connectivity index (χ4n) is 2.16. The van der Waals surface area contributed by atoms with E-state index in [1.807, 2.05) is 29.6 Å². The molecule has 3 aromatic rings. The number of carbonyl (C=O) groups is 1. The molecule has 0 aliphatic heterocycles. The second-order valence-electron chi connectivity index (χ2n) is 4.96. The Morgan fingerprint density at radius 2 is 2.17 bits per heavy atom. The Morgan fingerprint density at radius 3 is 2.83 bits per heavy atom. The van der Waals surface area contributed by atoms with Crippen molar-refractivity contribution in [3.63, 3.8) is 0 Å². The van der Waals surface area contributed by atoms with Gasteiger partial charge in [0, 0.05) is 18.9 Å². The number of nitrogens with zero attached hydrogens (tertiary/aromatic N) is 2. The minimum atomic E-state index is -0.919. The van der Waals surface area contributed by atoms with Crippen LogP contribution < -0.4 is 5.32 Å². The summed E-state index contributed by atoms with van der Waals surface area (Å²) < 4.78 is 5.19. The van der Waals surface area contributed by atoms with E-state index in [1.54, 1.807) is 19.3 Å². The Balaban J connectivity index is 1.88. The summed E-state index contributed by atoms with van der Waals surface area (Å²) in [5, 5.41) is 18.5. The molecule has 3 rings (SSSR count). The van der Waals surface area contributed by atoms with Crippen LogP contribution in [0.25, 0.3) is 10.6 Å². The average Bonchev–Trinajstić information content (AvgIpc) is 3.22. The third kappa shape index (κ3) is 3.30. The highest BCUT2D eigenvalue weighted by molar-refractivity contribution is 7.13. The van der Waals surface area contributed by atoms with Gasteiger partial charge in [-0.25, -0.2) is 0 Å². The molecule has 0 radical (unpaired) electrons. The zero-order valence-corrected chi connectivity index (χ0v) is 13.2. The molecule has 2 N–H and O–H groups in total. The fraction of sp³-hybridized carbons (Fsp3) is 0.188. The first kappa shape index (κ1) is 15.4. The van der Waals surface area contributed by atoms with Gasteiger partial charge in [0.15, 0.2) is 5.76 Å². The normalized spacial score (nSPS) is 12.1. The Kier molecular flexibility index (Phi) is 4.50. The van der Waals surface area contributed by atoms with Gasteiger partial charge in [-0.2, -0.15) is 0 Å². The molecule has 3 aromatic heterocycles. The van der Waals surface area contributed by atoms with E-state index in [-0.39, 0.29) is 17.2 Å². The van der Waals surface area contributed by atoms with Crippen molar-refractivity contribution >= 4 is 17.2 Å². The highest BCUT2D eigenvalue weighted by atomic mass is 32.1. The Bertz CT molecular complexity index is 782. The maximum atomic E-state index is 12.6. The SMILES string of the molecule is C[C@H](O)c1onc(-c2cccs2)c1C(=O)NCc1ccncc1. The van der Waals surface area contributed by atoms with Crippen molar-refractivity contribution in [1.29, 1.82) is 0 Å². The number of thiophene rings is 1. The smallest absolute Gasteiger partial charge is 0.257 e. The van der Waals surface area contributed by atoms with Crippen LogP contribution in [0.15, 0.2) is 46.6 Å². The zero-order valence-electron chi connectivity index (χ0n) is 12.4. The lowest BCUT2D eigenvalue weighted by Crippen LogP contribution is -2.24. The molecule has 7 heteroatoms. The van der Waals surface area contributed by atoms with E-state index in [0.717, 1.165) is 10.4 Å². The lowest BCUT2D eigenvalue weighted by atomic mass is 10.1. The summed E-state index contributed by atoms with van der Waals surface area (Å²) in [5.41, 5.74) is 1.65. The highest BCUT2D eigenvalue weighted by Gasteiger charge is 2.26. The van der Waals surface area contributed by atoms with Gasteiger partial charge in [-0.3, -0.25) is 9.78 Å². The molecule has 0 bridgehead atoms. The second-order valence-corrected chi connectivity index (χ2v) is 5.91. The predicted molar refractivity (Wildman–Crippen MR) is 85.9 cm³/mol. The van der Waals surface area contributed by atoms with Crippen LogP contribution in [0.4, 0.5) is 0 Å². The van der Waals surface area contributed by atoms with Gasteiger partial charge in [0.2, 0.25) is 0 Å².